The van der Waals surface area contributed by atoms with Gasteiger partial charge in [-0.05, 0) is 17.5 Å². The summed E-state index contributed by atoms with van der Waals surface area (Å²) >= 11 is 0. The standard InChI is InChI=1S/C14H21NO3/c1-14(2,3)13(15)12(16)11-9(17-4)7-6-8-10(11)18-5/h6-8,13H,15H2,1-5H3. The van der Waals surface area contributed by atoms with Crippen LogP contribution >= 0.6 is 0 Å². The number of carbonyl (C=O) groups is 1. The number of hydrogen-bond acceptors (Lipinski definition) is 4. The molecule has 1 unspecified atom stereocenters. The van der Waals surface area contributed by atoms with Crippen LogP contribution in [0.1, 0.15) is 31.1 Å². The Morgan fingerprint density at radius 1 is 1.17 bits per heavy atom. The molecular weight excluding hydrogens is 230 g/mol. The average Bonchev–Trinajstić information content (AvgIpc) is 2.34. The number of Topliss-reactive ketones (excluding diaryl/α,β-unsaturated/α-hetero) is 1. The average molecular weight is 251 g/mol. The van der Waals surface area contributed by atoms with Gasteiger partial charge in [-0.2, -0.15) is 0 Å². The Kier molecular flexibility index (Phi) is 4.35. The Balaban J connectivity index is 3.27. The van der Waals surface area contributed by atoms with Gasteiger partial charge in [0.25, 0.3) is 0 Å². The maximum atomic E-state index is 12.5. The molecular formula is C14H21NO3. The number of ketones is 1. The van der Waals surface area contributed by atoms with Crippen molar-refractivity contribution in [2.24, 2.45) is 11.1 Å². The second-order valence-electron chi connectivity index (χ2n) is 5.25. The molecule has 0 aliphatic rings. The van der Waals surface area contributed by atoms with Crippen molar-refractivity contribution >= 4 is 5.78 Å². The van der Waals surface area contributed by atoms with E-state index in [1.807, 2.05) is 20.8 Å². The third kappa shape index (κ3) is 2.82. The van der Waals surface area contributed by atoms with Crippen molar-refractivity contribution in [1.82, 2.24) is 0 Å². The van der Waals surface area contributed by atoms with Crippen molar-refractivity contribution in [3.05, 3.63) is 23.8 Å². The van der Waals surface area contributed by atoms with E-state index in [1.165, 1.54) is 14.2 Å². The van der Waals surface area contributed by atoms with Gasteiger partial charge in [-0.25, -0.2) is 0 Å². The second-order valence-corrected chi connectivity index (χ2v) is 5.25. The zero-order valence-electron chi connectivity index (χ0n) is 11.6. The van der Waals surface area contributed by atoms with E-state index in [0.717, 1.165) is 0 Å². The summed E-state index contributed by atoms with van der Waals surface area (Å²) in [5.74, 6) is 0.801. The van der Waals surface area contributed by atoms with Gasteiger partial charge >= 0.3 is 0 Å². The lowest BCUT2D eigenvalue weighted by Crippen LogP contribution is -2.42. The van der Waals surface area contributed by atoms with Crippen LogP contribution in [0.5, 0.6) is 11.5 Å². The van der Waals surface area contributed by atoms with Gasteiger partial charge in [0.15, 0.2) is 5.78 Å². The first-order chi connectivity index (χ1) is 8.32. The monoisotopic (exact) mass is 251 g/mol. The third-order valence-electron chi connectivity index (χ3n) is 2.89. The molecule has 1 rings (SSSR count). The number of ether oxygens (including phenoxy) is 2. The molecule has 1 aromatic carbocycles. The van der Waals surface area contributed by atoms with Crippen LogP contribution in [0, 0.1) is 5.41 Å². The van der Waals surface area contributed by atoms with Crippen LogP contribution in [-0.2, 0) is 0 Å². The molecule has 1 atom stereocenters. The van der Waals surface area contributed by atoms with Crippen LogP contribution in [0.4, 0.5) is 0 Å². The summed E-state index contributed by atoms with van der Waals surface area (Å²) in [5.41, 5.74) is 6.10. The molecule has 0 amide bonds. The summed E-state index contributed by atoms with van der Waals surface area (Å²) in [6.45, 7) is 5.78. The van der Waals surface area contributed by atoms with E-state index in [2.05, 4.69) is 0 Å². The fourth-order valence-corrected chi connectivity index (χ4v) is 1.64. The van der Waals surface area contributed by atoms with Gasteiger partial charge in [0.1, 0.15) is 17.1 Å². The summed E-state index contributed by atoms with van der Waals surface area (Å²) in [6.07, 6.45) is 0. The van der Waals surface area contributed by atoms with E-state index in [9.17, 15) is 4.79 Å². The Hall–Kier alpha value is -1.55. The van der Waals surface area contributed by atoms with Crippen LogP contribution in [-0.4, -0.2) is 26.0 Å². The summed E-state index contributed by atoms with van der Waals surface area (Å²) in [5, 5.41) is 0. The van der Waals surface area contributed by atoms with E-state index >= 15 is 0 Å². The Morgan fingerprint density at radius 3 is 1.94 bits per heavy atom. The van der Waals surface area contributed by atoms with E-state index < -0.39 is 6.04 Å². The highest BCUT2D eigenvalue weighted by molar-refractivity contribution is 6.05. The maximum absolute atomic E-state index is 12.5. The molecule has 0 saturated carbocycles. The van der Waals surface area contributed by atoms with Crippen LogP contribution in [0.2, 0.25) is 0 Å². The molecule has 2 N–H and O–H groups in total. The molecule has 0 aliphatic carbocycles. The molecule has 0 spiro atoms. The smallest absolute Gasteiger partial charge is 0.187 e. The van der Waals surface area contributed by atoms with Crippen molar-refractivity contribution in [3.8, 4) is 11.5 Å². The molecule has 0 saturated heterocycles. The summed E-state index contributed by atoms with van der Waals surface area (Å²) in [4.78, 5) is 12.5. The maximum Gasteiger partial charge on any atom is 0.187 e. The van der Waals surface area contributed by atoms with Crippen LogP contribution in [0.25, 0.3) is 0 Å². The Labute approximate surface area is 108 Å². The van der Waals surface area contributed by atoms with Crippen molar-refractivity contribution in [2.75, 3.05) is 14.2 Å². The highest BCUT2D eigenvalue weighted by atomic mass is 16.5. The lowest BCUT2D eigenvalue weighted by Gasteiger charge is -2.26. The minimum absolute atomic E-state index is 0.170. The zero-order valence-corrected chi connectivity index (χ0v) is 11.6. The normalized spacial score (nSPS) is 13.0. The minimum Gasteiger partial charge on any atom is -0.496 e. The van der Waals surface area contributed by atoms with Gasteiger partial charge in [0.05, 0.1) is 20.3 Å². The van der Waals surface area contributed by atoms with Crippen LogP contribution < -0.4 is 15.2 Å². The zero-order chi connectivity index (χ0) is 13.9. The van der Waals surface area contributed by atoms with Gasteiger partial charge in [-0.1, -0.05) is 26.8 Å². The predicted molar refractivity (Wildman–Crippen MR) is 71.3 cm³/mol. The van der Waals surface area contributed by atoms with E-state index in [4.69, 9.17) is 15.2 Å². The Morgan fingerprint density at radius 2 is 1.61 bits per heavy atom. The number of methoxy groups -OCH3 is 2. The predicted octanol–water partition coefficient (Wildman–Crippen LogP) is 2.26. The summed E-state index contributed by atoms with van der Waals surface area (Å²) in [6, 6.07) is 4.62. The van der Waals surface area contributed by atoms with Crippen LogP contribution in [0.3, 0.4) is 0 Å². The molecule has 100 valence electrons. The molecule has 1 aromatic rings. The lowest BCUT2D eigenvalue weighted by atomic mass is 9.82. The van der Waals surface area contributed by atoms with Gasteiger partial charge < -0.3 is 15.2 Å². The largest absolute Gasteiger partial charge is 0.496 e. The first-order valence-electron chi connectivity index (χ1n) is 5.83. The molecule has 0 aliphatic heterocycles. The highest BCUT2D eigenvalue weighted by Crippen LogP contribution is 2.32. The highest BCUT2D eigenvalue weighted by Gasteiger charge is 2.31. The van der Waals surface area contributed by atoms with Crippen LogP contribution in [0.15, 0.2) is 18.2 Å². The van der Waals surface area contributed by atoms with Gasteiger partial charge in [0.2, 0.25) is 0 Å². The topological polar surface area (TPSA) is 61.5 Å². The molecule has 0 heterocycles. The van der Waals surface area contributed by atoms with E-state index in [-0.39, 0.29) is 11.2 Å². The minimum atomic E-state index is -0.609. The lowest BCUT2D eigenvalue weighted by molar-refractivity contribution is 0.0895. The molecule has 4 nitrogen and oxygen atoms in total. The fourth-order valence-electron chi connectivity index (χ4n) is 1.64. The van der Waals surface area contributed by atoms with Crippen molar-refractivity contribution in [2.45, 2.75) is 26.8 Å². The first-order valence-corrected chi connectivity index (χ1v) is 5.83. The van der Waals surface area contributed by atoms with Gasteiger partial charge in [-0.15, -0.1) is 0 Å². The number of rotatable bonds is 4. The third-order valence-corrected chi connectivity index (χ3v) is 2.89. The van der Waals surface area contributed by atoms with Gasteiger partial charge in [0, 0.05) is 0 Å². The van der Waals surface area contributed by atoms with Crippen molar-refractivity contribution < 1.29 is 14.3 Å². The second kappa shape index (κ2) is 5.40. The van der Waals surface area contributed by atoms with E-state index in [1.54, 1.807) is 18.2 Å². The molecule has 0 bridgehead atoms. The number of nitrogens with two attached hydrogens (primary N) is 1. The molecule has 0 fully saturated rings. The van der Waals surface area contributed by atoms with E-state index in [0.29, 0.717) is 17.1 Å². The van der Waals surface area contributed by atoms with Crippen molar-refractivity contribution in [3.63, 3.8) is 0 Å². The first kappa shape index (κ1) is 14.5. The number of hydrogen-bond donors (Lipinski definition) is 1. The number of carbonyl (C=O) groups excluding carboxylic acids is 1. The SMILES string of the molecule is COc1cccc(OC)c1C(=O)C(N)C(C)(C)C. The number of benzene rings is 1. The Bertz CT molecular complexity index is 413. The molecule has 0 radical (unpaired) electrons. The van der Waals surface area contributed by atoms with Crippen molar-refractivity contribution in [1.29, 1.82) is 0 Å². The molecule has 18 heavy (non-hydrogen) atoms. The fraction of sp³-hybridized carbons (Fsp3) is 0.500. The summed E-state index contributed by atoms with van der Waals surface area (Å²) < 4.78 is 10.4. The molecule has 4 heteroatoms. The molecule has 0 aromatic heterocycles. The summed E-state index contributed by atoms with van der Waals surface area (Å²) in [7, 11) is 3.04. The quantitative estimate of drug-likeness (QED) is 0.834. The van der Waals surface area contributed by atoms with Gasteiger partial charge in [-0.3, -0.25) is 4.79 Å².